The van der Waals surface area contributed by atoms with E-state index < -0.39 is 17.8 Å². The minimum absolute atomic E-state index is 0.00282. The van der Waals surface area contributed by atoms with E-state index in [9.17, 15) is 24.3 Å². The Hall–Kier alpha value is -2.75. The molecule has 2 amide bonds. The zero-order chi connectivity index (χ0) is 24.5. The van der Waals surface area contributed by atoms with Gasteiger partial charge in [0.25, 0.3) is 0 Å². The predicted molar refractivity (Wildman–Crippen MR) is 131 cm³/mol. The van der Waals surface area contributed by atoms with E-state index in [-0.39, 0.29) is 47.2 Å². The number of phenols is 1. The van der Waals surface area contributed by atoms with Gasteiger partial charge in [0.2, 0.25) is 11.8 Å². The van der Waals surface area contributed by atoms with Gasteiger partial charge in [0.1, 0.15) is 0 Å². The number of Topliss-reactive ketones (excluding diaryl/α,β-unsaturated/α-hetero) is 1. The SMILES string of the molecule is CCN1C(=O)C2CC=C3C(c4cc(I)c(O)c(OC)c4)C4=C(CC3C2C1=O)C(=O)C(C)=CC4=O. The molecule has 4 unspecified atom stereocenters. The Balaban J connectivity index is 1.73. The fraction of sp³-hybridized carbons (Fsp3) is 0.385. The predicted octanol–water partition coefficient (Wildman–Crippen LogP) is 3.45. The number of benzene rings is 1. The summed E-state index contributed by atoms with van der Waals surface area (Å²) in [4.78, 5) is 54.0. The number of rotatable bonds is 3. The third kappa shape index (κ3) is 3.14. The zero-order valence-corrected chi connectivity index (χ0v) is 21.2. The molecular weight excluding hydrogens is 549 g/mol. The maximum absolute atomic E-state index is 13.3. The van der Waals surface area contributed by atoms with Crippen molar-refractivity contribution in [2.24, 2.45) is 17.8 Å². The van der Waals surface area contributed by atoms with Crippen molar-refractivity contribution in [2.45, 2.75) is 32.6 Å². The summed E-state index contributed by atoms with van der Waals surface area (Å²) in [7, 11) is 1.46. The minimum atomic E-state index is -0.558. The lowest BCUT2D eigenvalue weighted by molar-refractivity contribution is -0.139. The van der Waals surface area contributed by atoms with E-state index in [0.717, 1.165) is 5.57 Å². The molecule has 4 aliphatic rings. The highest BCUT2D eigenvalue weighted by Gasteiger charge is 2.55. The highest BCUT2D eigenvalue weighted by Crippen LogP contribution is 2.55. The summed E-state index contributed by atoms with van der Waals surface area (Å²) in [5.74, 6) is -2.39. The van der Waals surface area contributed by atoms with E-state index in [1.165, 1.54) is 18.1 Å². The number of hydrogen-bond acceptors (Lipinski definition) is 6. The number of imide groups is 1. The maximum atomic E-state index is 13.3. The number of likely N-dealkylation sites (tertiary alicyclic amines) is 1. The van der Waals surface area contributed by atoms with Gasteiger partial charge in [-0.25, -0.2) is 0 Å². The number of aromatic hydroxyl groups is 1. The topological polar surface area (TPSA) is 101 Å². The Kier molecular flexibility index (Phi) is 5.54. The van der Waals surface area contributed by atoms with Crippen molar-refractivity contribution in [2.75, 3.05) is 13.7 Å². The summed E-state index contributed by atoms with van der Waals surface area (Å²) in [5.41, 5.74) is 2.82. The molecule has 176 valence electrons. The van der Waals surface area contributed by atoms with Gasteiger partial charge in [-0.1, -0.05) is 11.6 Å². The van der Waals surface area contributed by atoms with Crippen molar-refractivity contribution in [1.29, 1.82) is 0 Å². The number of ether oxygens (including phenoxy) is 1. The quantitative estimate of drug-likeness (QED) is 0.258. The molecule has 3 aliphatic carbocycles. The highest BCUT2D eigenvalue weighted by atomic mass is 127. The molecule has 34 heavy (non-hydrogen) atoms. The Morgan fingerprint density at radius 3 is 2.56 bits per heavy atom. The second kappa shape index (κ2) is 8.18. The van der Waals surface area contributed by atoms with Gasteiger partial charge in [-0.2, -0.15) is 0 Å². The van der Waals surface area contributed by atoms with Crippen LogP contribution in [0.25, 0.3) is 0 Å². The van der Waals surface area contributed by atoms with Crippen LogP contribution in [0.3, 0.4) is 0 Å². The normalized spacial score (nSPS) is 28.4. The van der Waals surface area contributed by atoms with Crippen LogP contribution < -0.4 is 4.74 Å². The molecule has 1 saturated heterocycles. The smallest absolute Gasteiger partial charge is 0.233 e. The fourth-order valence-corrected chi connectivity index (χ4v) is 6.68. The first-order valence-electron chi connectivity index (χ1n) is 11.3. The van der Waals surface area contributed by atoms with Crippen LogP contribution >= 0.6 is 22.6 Å². The zero-order valence-electron chi connectivity index (χ0n) is 19.1. The van der Waals surface area contributed by atoms with E-state index in [0.29, 0.717) is 38.8 Å². The molecule has 1 aromatic carbocycles. The number of carbonyl (C=O) groups excluding carboxylic acids is 4. The van der Waals surface area contributed by atoms with Gasteiger partial charge in [-0.05, 0) is 79.0 Å². The second-order valence-corrected chi connectivity index (χ2v) is 10.4. The molecule has 8 heteroatoms. The summed E-state index contributed by atoms with van der Waals surface area (Å²) >= 11 is 2.01. The number of halogens is 1. The first kappa shape index (κ1) is 23.0. The lowest BCUT2D eigenvalue weighted by atomic mass is 9.59. The standard InChI is InChI=1S/C26H24INO6/c1-4-28-25(32)14-6-5-13-15(21(14)26(28)33)10-16-22(18(29)7-11(2)23(16)30)20(13)12-8-17(27)24(31)19(9-12)34-3/h5,7-9,14-15,20-21,31H,4,6,10H2,1-3H3. The third-order valence-corrected chi connectivity index (χ3v) is 8.40. The maximum Gasteiger partial charge on any atom is 0.233 e. The number of allylic oxidation sites excluding steroid dienone is 6. The van der Waals surface area contributed by atoms with Crippen LogP contribution in [0.15, 0.2) is 46.6 Å². The molecule has 1 fully saturated rings. The van der Waals surface area contributed by atoms with Crippen LogP contribution in [0.1, 0.15) is 38.2 Å². The molecular formula is C26H24INO6. The number of amides is 2. The Bertz CT molecular complexity index is 1270. The summed E-state index contributed by atoms with van der Waals surface area (Å²) < 4.78 is 5.92. The second-order valence-electron chi connectivity index (χ2n) is 9.20. The van der Waals surface area contributed by atoms with Gasteiger partial charge in [0.15, 0.2) is 23.1 Å². The average Bonchev–Trinajstić information content (AvgIpc) is 3.07. The number of fused-ring (bicyclic) bond motifs is 3. The van der Waals surface area contributed by atoms with Crippen LogP contribution in [0, 0.1) is 21.3 Å². The van der Waals surface area contributed by atoms with Gasteiger partial charge < -0.3 is 9.84 Å². The third-order valence-electron chi connectivity index (χ3n) is 7.57. The molecule has 1 aliphatic heterocycles. The molecule has 0 radical (unpaired) electrons. The van der Waals surface area contributed by atoms with Crippen molar-refractivity contribution in [3.63, 3.8) is 0 Å². The molecule has 7 nitrogen and oxygen atoms in total. The first-order chi connectivity index (χ1) is 16.2. The summed E-state index contributed by atoms with van der Waals surface area (Å²) in [6, 6.07) is 3.47. The number of phenolic OH excluding ortho intramolecular Hbond substituents is 1. The number of carbonyl (C=O) groups is 4. The van der Waals surface area contributed by atoms with Crippen molar-refractivity contribution < 1.29 is 29.0 Å². The van der Waals surface area contributed by atoms with Crippen molar-refractivity contribution in [1.82, 2.24) is 4.90 Å². The Morgan fingerprint density at radius 2 is 1.88 bits per heavy atom. The Morgan fingerprint density at radius 1 is 1.15 bits per heavy atom. The number of methoxy groups -OCH3 is 1. The highest BCUT2D eigenvalue weighted by molar-refractivity contribution is 14.1. The molecule has 0 saturated carbocycles. The van der Waals surface area contributed by atoms with Crippen LogP contribution in [0.4, 0.5) is 0 Å². The molecule has 1 aromatic rings. The van der Waals surface area contributed by atoms with Crippen LogP contribution in [-0.2, 0) is 19.2 Å². The van der Waals surface area contributed by atoms with E-state index in [4.69, 9.17) is 4.74 Å². The molecule has 0 spiro atoms. The number of ketones is 2. The summed E-state index contributed by atoms with van der Waals surface area (Å²) in [6.45, 7) is 3.73. The summed E-state index contributed by atoms with van der Waals surface area (Å²) in [6.07, 6.45) is 4.05. The van der Waals surface area contributed by atoms with Crippen molar-refractivity contribution in [3.8, 4) is 11.5 Å². The van der Waals surface area contributed by atoms with Crippen LogP contribution in [0.5, 0.6) is 11.5 Å². The lowest BCUT2D eigenvalue weighted by Crippen LogP contribution is -2.39. The minimum Gasteiger partial charge on any atom is -0.504 e. The van der Waals surface area contributed by atoms with Crippen LogP contribution in [0.2, 0.25) is 0 Å². The van der Waals surface area contributed by atoms with E-state index in [1.54, 1.807) is 26.0 Å². The molecule has 1 heterocycles. The molecule has 5 rings (SSSR count). The molecule has 0 bridgehead atoms. The van der Waals surface area contributed by atoms with Gasteiger partial charge in [0, 0.05) is 29.2 Å². The van der Waals surface area contributed by atoms with E-state index in [1.807, 2.05) is 28.7 Å². The molecule has 4 atom stereocenters. The Labute approximate surface area is 210 Å². The van der Waals surface area contributed by atoms with Gasteiger partial charge >= 0.3 is 0 Å². The largest absolute Gasteiger partial charge is 0.504 e. The first-order valence-corrected chi connectivity index (χ1v) is 12.4. The van der Waals surface area contributed by atoms with E-state index in [2.05, 4.69) is 0 Å². The van der Waals surface area contributed by atoms with Crippen LogP contribution in [-0.4, -0.2) is 47.0 Å². The number of hydrogen-bond donors (Lipinski definition) is 1. The fourth-order valence-electron chi connectivity index (χ4n) is 6.05. The molecule has 0 aromatic heterocycles. The van der Waals surface area contributed by atoms with Gasteiger partial charge in [-0.15, -0.1) is 0 Å². The van der Waals surface area contributed by atoms with Gasteiger partial charge in [0.05, 0.1) is 22.5 Å². The molecule has 1 N–H and O–H groups in total. The average molecular weight is 573 g/mol. The lowest BCUT2D eigenvalue weighted by Gasteiger charge is -2.42. The van der Waals surface area contributed by atoms with Crippen molar-refractivity contribution in [3.05, 3.63) is 55.7 Å². The number of nitrogens with zero attached hydrogens (tertiary/aromatic N) is 1. The summed E-state index contributed by atoms with van der Waals surface area (Å²) in [5, 5.41) is 10.4. The van der Waals surface area contributed by atoms with E-state index >= 15 is 0 Å². The van der Waals surface area contributed by atoms with Gasteiger partial charge in [-0.3, -0.25) is 24.1 Å². The van der Waals surface area contributed by atoms with Crippen molar-refractivity contribution >= 4 is 46.0 Å². The monoisotopic (exact) mass is 573 g/mol.